The zero-order chi connectivity index (χ0) is 23.0. The molecule has 0 saturated carbocycles. The van der Waals surface area contributed by atoms with E-state index in [9.17, 15) is 19.2 Å². The molecular weight excluding hydrogens is 410 g/mol. The topological polar surface area (TPSA) is 96.0 Å². The largest absolute Gasteiger partial charge is 0.444 e. The second-order valence-corrected chi connectivity index (χ2v) is 9.53. The number of amides is 4. The Morgan fingerprint density at radius 1 is 1.16 bits per heavy atom. The van der Waals surface area contributed by atoms with Gasteiger partial charge in [0.05, 0.1) is 0 Å². The second-order valence-electron chi connectivity index (χ2n) is 9.53. The van der Waals surface area contributed by atoms with Crippen LogP contribution in [0.1, 0.15) is 67.9 Å². The van der Waals surface area contributed by atoms with Gasteiger partial charge < -0.3 is 14.5 Å². The molecule has 0 spiro atoms. The summed E-state index contributed by atoms with van der Waals surface area (Å²) in [5, 5.41) is 2.33. The first-order valence-electron chi connectivity index (χ1n) is 11.1. The normalized spacial score (nSPS) is 21.7. The first-order chi connectivity index (χ1) is 15.1. The molecule has 4 rings (SSSR count). The fourth-order valence-corrected chi connectivity index (χ4v) is 4.40. The van der Waals surface area contributed by atoms with Crippen molar-refractivity contribution < 1.29 is 23.9 Å². The van der Waals surface area contributed by atoms with Gasteiger partial charge in [-0.05, 0) is 68.9 Å². The summed E-state index contributed by atoms with van der Waals surface area (Å²) in [5.74, 6) is -0.873. The van der Waals surface area contributed by atoms with Crippen LogP contribution in [0.3, 0.4) is 0 Å². The Balaban J connectivity index is 1.49. The van der Waals surface area contributed by atoms with E-state index in [0.29, 0.717) is 31.6 Å². The number of hydrogen-bond donors (Lipinski definition) is 1. The van der Waals surface area contributed by atoms with Crippen molar-refractivity contribution in [2.75, 3.05) is 13.1 Å². The van der Waals surface area contributed by atoms with Crippen molar-refractivity contribution in [3.8, 4) is 0 Å². The molecule has 170 valence electrons. The van der Waals surface area contributed by atoms with E-state index in [1.165, 1.54) is 0 Å². The van der Waals surface area contributed by atoms with Crippen LogP contribution in [0.5, 0.6) is 0 Å². The van der Waals surface area contributed by atoms with Crippen molar-refractivity contribution in [1.29, 1.82) is 0 Å². The van der Waals surface area contributed by atoms with Gasteiger partial charge in [0.15, 0.2) is 0 Å². The van der Waals surface area contributed by atoms with Crippen LogP contribution in [0.25, 0.3) is 5.57 Å². The van der Waals surface area contributed by atoms with Gasteiger partial charge in [0.1, 0.15) is 11.6 Å². The third kappa shape index (κ3) is 4.54. The Bertz CT molecular complexity index is 1010. The van der Waals surface area contributed by atoms with Gasteiger partial charge in [-0.3, -0.25) is 19.7 Å². The molecule has 3 aliphatic heterocycles. The number of imide groups is 1. The highest BCUT2D eigenvalue weighted by atomic mass is 16.6. The lowest BCUT2D eigenvalue weighted by Crippen LogP contribution is -2.52. The van der Waals surface area contributed by atoms with Crippen molar-refractivity contribution in [3.05, 3.63) is 41.0 Å². The van der Waals surface area contributed by atoms with Crippen LogP contribution in [-0.4, -0.2) is 58.3 Å². The van der Waals surface area contributed by atoms with Gasteiger partial charge in [0.25, 0.3) is 5.91 Å². The number of ether oxygens (including phenoxy) is 1. The fraction of sp³-hybridized carbons (Fsp3) is 0.500. The molecule has 1 aromatic rings. The van der Waals surface area contributed by atoms with E-state index in [1.54, 1.807) is 9.80 Å². The zero-order valence-electron chi connectivity index (χ0n) is 18.8. The number of benzene rings is 1. The predicted molar refractivity (Wildman–Crippen MR) is 118 cm³/mol. The maximum atomic E-state index is 12.9. The molecular formula is C24H29N3O5. The lowest BCUT2D eigenvalue weighted by molar-refractivity contribution is -0.136. The smallest absolute Gasteiger partial charge is 0.410 e. The minimum absolute atomic E-state index is 0.174. The van der Waals surface area contributed by atoms with Gasteiger partial charge in [-0.1, -0.05) is 12.1 Å². The van der Waals surface area contributed by atoms with Crippen molar-refractivity contribution in [1.82, 2.24) is 15.1 Å². The van der Waals surface area contributed by atoms with Crippen LogP contribution < -0.4 is 5.32 Å². The molecule has 0 radical (unpaired) electrons. The number of nitrogens with zero attached hydrogens (tertiary/aromatic N) is 2. The van der Waals surface area contributed by atoms with Gasteiger partial charge in [0, 0.05) is 31.6 Å². The van der Waals surface area contributed by atoms with E-state index in [4.69, 9.17) is 4.74 Å². The molecule has 1 aromatic carbocycles. The molecule has 1 unspecified atom stereocenters. The molecule has 0 aromatic heterocycles. The highest BCUT2D eigenvalue weighted by molar-refractivity contribution is 6.05. The molecule has 8 heteroatoms. The zero-order valence-corrected chi connectivity index (χ0v) is 18.8. The SMILES string of the molecule is CC(C)(C)OC(=O)N1CC=C(c2ccc3c(c2)CN(C2CCC(=O)NC2=O)C3=O)CCC1. The highest BCUT2D eigenvalue weighted by Gasteiger charge is 2.39. The number of hydrogen-bond acceptors (Lipinski definition) is 5. The molecule has 1 saturated heterocycles. The number of rotatable bonds is 2. The van der Waals surface area contributed by atoms with E-state index < -0.39 is 17.6 Å². The van der Waals surface area contributed by atoms with Gasteiger partial charge in [-0.15, -0.1) is 0 Å². The Morgan fingerprint density at radius 3 is 2.66 bits per heavy atom. The van der Waals surface area contributed by atoms with Crippen molar-refractivity contribution in [2.24, 2.45) is 0 Å². The molecule has 32 heavy (non-hydrogen) atoms. The van der Waals surface area contributed by atoms with Gasteiger partial charge in [0.2, 0.25) is 11.8 Å². The molecule has 0 bridgehead atoms. The summed E-state index contributed by atoms with van der Waals surface area (Å²) in [6.07, 6.45) is 3.97. The van der Waals surface area contributed by atoms with Crippen LogP contribution in [0.4, 0.5) is 4.79 Å². The number of carbonyl (C=O) groups excluding carboxylic acids is 4. The van der Waals surface area contributed by atoms with Gasteiger partial charge in [-0.2, -0.15) is 0 Å². The molecule has 4 amide bonds. The molecule has 3 heterocycles. The lowest BCUT2D eigenvalue weighted by atomic mass is 9.97. The minimum atomic E-state index is -0.615. The monoisotopic (exact) mass is 439 g/mol. The first-order valence-corrected chi connectivity index (χ1v) is 11.1. The number of allylic oxidation sites excluding steroid dienone is 1. The van der Waals surface area contributed by atoms with Crippen LogP contribution in [0.2, 0.25) is 0 Å². The molecule has 0 aliphatic carbocycles. The van der Waals surface area contributed by atoms with Gasteiger partial charge >= 0.3 is 6.09 Å². The maximum absolute atomic E-state index is 12.9. The summed E-state index contributed by atoms with van der Waals surface area (Å²) in [5.41, 5.74) is 3.10. The summed E-state index contributed by atoms with van der Waals surface area (Å²) in [7, 11) is 0. The maximum Gasteiger partial charge on any atom is 0.410 e. The summed E-state index contributed by atoms with van der Waals surface area (Å²) in [6.45, 7) is 7.02. The fourth-order valence-electron chi connectivity index (χ4n) is 4.40. The third-order valence-corrected chi connectivity index (χ3v) is 5.98. The number of piperidine rings is 1. The average molecular weight is 440 g/mol. The summed E-state index contributed by atoms with van der Waals surface area (Å²) in [6, 6.07) is 5.14. The van der Waals surface area contributed by atoms with E-state index in [-0.39, 0.29) is 24.3 Å². The molecule has 8 nitrogen and oxygen atoms in total. The Kier molecular flexibility index (Phi) is 5.79. The lowest BCUT2D eigenvalue weighted by Gasteiger charge is -2.29. The van der Waals surface area contributed by atoms with E-state index in [0.717, 1.165) is 29.5 Å². The molecule has 1 N–H and O–H groups in total. The number of carbonyl (C=O) groups is 4. The predicted octanol–water partition coefficient (Wildman–Crippen LogP) is 2.86. The van der Waals surface area contributed by atoms with Crippen molar-refractivity contribution >= 4 is 29.4 Å². The Labute approximate surface area is 187 Å². The Morgan fingerprint density at radius 2 is 1.94 bits per heavy atom. The third-order valence-electron chi connectivity index (χ3n) is 5.98. The van der Waals surface area contributed by atoms with Gasteiger partial charge in [-0.25, -0.2) is 4.79 Å². The van der Waals surface area contributed by atoms with Crippen LogP contribution >= 0.6 is 0 Å². The van der Waals surface area contributed by atoms with Crippen molar-refractivity contribution in [3.63, 3.8) is 0 Å². The Hall–Kier alpha value is -3.16. The summed E-state index contributed by atoms with van der Waals surface area (Å²) < 4.78 is 5.49. The molecule has 3 aliphatic rings. The first kappa shape index (κ1) is 22.0. The van der Waals surface area contributed by atoms with E-state index in [2.05, 4.69) is 5.32 Å². The summed E-state index contributed by atoms with van der Waals surface area (Å²) in [4.78, 5) is 52.2. The minimum Gasteiger partial charge on any atom is -0.444 e. The summed E-state index contributed by atoms with van der Waals surface area (Å²) >= 11 is 0. The van der Waals surface area contributed by atoms with E-state index >= 15 is 0 Å². The highest BCUT2D eigenvalue weighted by Crippen LogP contribution is 2.31. The molecule has 1 atom stereocenters. The van der Waals surface area contributed by atoms with Crippen LogP contribution in [0.15, 0.2) is 24.3 Å². The standard InChI is InChI=1S/C24H29N3O5/c1-24(2,3)32-23(31)26-11-4-5-15(10-12-26)16-6-7-18-17(13-16)14-27(22(18)30)19-8-9-20(28)25-21(19)29/h6-7,10,13,19H,4-5,8-9,11-12,14H2,1-3H3,(H,25,28,29). The molecule has 1 fully saturated rings. The van der Waals surface area contributed by atoms with Crippen LogP contribution in [0, 0.1) is 0 Å². The second kappa shape index (κ2) is 8.41. The van der Waals surface area contributed by atoms with E-state index in [1.807, 2.05) is 45.0 Å². The quantitative estimate of drug-likeness (QED) is 0.715. The number of nitrogens with one attached hydrogen (secondary N) is 1. The average Bonchev–Trinajstić information content (AvgIpc) is 2.88. The van der Waals surface area contributed by atoms with Crippen molar-refractivity contribution in [2.45, 2.75) is 64.6 Å². The number of fused-ring (bicyclic) bond motifs is 1. The van der Waals surface area contributed by atoms with Crippen LogP contribution in [-0.2, 0) is 20.9 Å².